The first-order valence-corrected chi connectivity index (χ1v) is 2.59. The van der Waals surface area contributed by atoms with E-state index < -0.39 is 25.1 Å². The van der Waals surface area contributed by atoms with Crippen LogP contribution in [0.1, 0.15) is 0 Å². The van der Waals surface area contributed by atoms with Gasteiger partial charge in [0.1, 0.15) is 6.54 Å². The minimum atomic E-state index is -1.15. The number of aliphatic carboxylic acids is 1. The average molecular weight is 149 g/mol. The average Bonchev–Trinajstić information content (AvgIpc) is 1.85. The van der Waals surface area contributed by atoms with Gasteiger partial charge in [-0.2, -0.15) is 0 Å². The highest BCUT2D eigenvalue weighted by Crippen LogP contribution is 1.84. The monoisotopic (exact) mass is 149 g/mol. The quantitative estimate of drug-likeness (QED) is 0.588. The number of amides is 1. The number of likely N-dealkylation sites (N-methyl/N-ethyl adjacent to an activating group) is 1. The molecule has 0 spiro atoms. The van der Waals surface area contributed by atoms with Crippen LogP contribution in [0.25, 0.3) is 0 Å². The molecule has 1 N–H and O–H groups in total. The van der Waals surface area contributed by atoms with E-state index >= 15 is 0 Å². The summed E-state index contributed by atoms with van der Waals surface area (Å²) in [6.07, 6.45) is 0. The second-order valence-corrected chi connectivity index (χ2v) is 1.78. The SMILES string of the molecule is CN(CC(=O)O)C(=O)CF. The topological polar surface area (TPSA) is 57.6 Å². The molecule has 0 radical (unpaired) electrons. The first kappa shape index (κ1) is 8.87. The van der Waals surface area contributed by atoms with Gasteiger partial charge in [0, 0.05) is 7.05 Å². The maximum Gasteiger partial charge on any atom is 0.323 e. The minimum absolute atomic E-state index is 0.456. The molecule has 0 atom stereocenters. The Balaban J connectivity index is 3.72. The van der Waals surface area contributed by atoms with Gasteiger partial charge >= 0.3 is 5.97 Å². The molecule has 0 aromatic heterocycles. The van der Waals surface area contributed by atoms with Crippen LogP contribution in [0.5, 0.6) is 0 Å². The lowest BCUT2D eigenvalue weighted by Gasteiger charge is -2.10. The van der Waals surface area contributed by atoms with Crippen molar-refractivity contribution in [1.82, 2.24) is 4.90 Å². The Labute approximate surface area is 57.2 Å². The molecule has 0 saturated heterocycles. The van der Waals surface area contributed by atoms with Gasteiger partial charge < -0.3 is 10.0 Å². The van der Waals surface area contributed by atoms with E-state index in [2.05, 4.69) is 0 Å². The molecule has 5 heteroatoms. The van der Waals surface area contributed by atoms with Crippen LogP contribution in [0.3, 0.4) is 0 Å². The van der Waals surface area contributed by atoms with Crippen molar-refractivity contribution in [3.05, 3.63) is 0 Å². The van der Waals surface area contributed by atoms with Crippen molar-refractivity contribution in [2.24, 2.45) is 0 Å². The Kier molecular flexibility index (Phi) is 3.38. The lowest BCUT2D eigenvalue weighted by Crippen LogP contribution is -2.32. The number of hydrogen-bond donors (Lipinski definition) is 1. The third-order valence-corrected chi connectivity index (χ3v) is 0.913. The highest BCUT2D eigenvalue weighted by molar-refractivity contribution is 5.81. The second-order valence-electron chi connectivity index (χ2n) is 1.78. The molecule has 1 amide bonds. The summed E-state index contributed by atoms with van der Waals surface area (Å²) in [6.45, 7) is -1.60. The zero-order chi connectivity index (χ0) is 8.15. The molecule has 0 unspecified atom stereocenters. The number of carbonyl (C=O) groups is 2. The Bertz CT molecular complexity index is 148. The molecule has 0 heterocycles. The van der Waals surface area contributed by atoms with E-state index in [1.165, 1.54) is 7.05 Å². The molecule has 0 aromatic carbocycles. The lowest BCUT2D eigenvalue weighted by molar-refractivity contribution is -0.143. The fourth-order valence-electron chi connectivity index (χ4n) is 0.393. The summed E-state index contributed by atoms with van der Waals surface area (Å²) in [6, 6.07) is 0. The first-order valence-electron chi connectivity index (χ1n) is 2.59. The zero-order valence-electron chi connectivity index (χ0n) is 5.50. The van der Waals surface area contributed by atoms with Crippen molar-refractivity contribution in [3.63, 3.8) is 0 Å². The van der Waals surface area contributed by atoms with Crippen LogP contribution in [-0.4, -0.2) is 42.1 Å². The summed E-state index contributed by atoms with van der Waals surface area (Å²) in [7, 11) is 1.23. The number of nitrogens with zero attached hydrogens (tertiary/aromatic N) is 1. The Hall–Kier alpha value is -1.13. The van der Waals surface area contributed by atoms with Crippen LogP contribution < -0.4 is 0 Å². The van der Waals surface area contributed by atoms with E-state index in [0.717, 1.165) is 4.90 Å². The van der Waals surface area contributed by atoms with Crippen molar-refractivity contribution in [2.75, 3.05) is 20.3 Å². The van der Waals surface area contributed by atoms with Gasteiger partial charge in [-0.05, 0) is 0 Å². The van der Waals surface area contributed by atoms with Gasteiger partial charge in [0.05, 0.1) is 0 Å². The summed E-state index contributed by atoms with van der Waals surface area (Å²) in [5.41, 5.74) is 0. The molecule has 0 aliphatic carbocycles. The molecule has 0 aromatic rings. The first-order chi connectivity index (χ1) is 4.57. The van der Waals surface area contributed by atoms with Gasteiger partial charge in [0.25, 0.3) is 5.91 Å². The van der Waals surface area contributed by atoms with E-state index in [1.807, 2.05) is 0 Å². The number of alkyl halides is 1. The third-order valence-electron chi connectivity index (χ3n) is 0.913. The molecule has 0 fully saturated rings. The number of carboxylic acid groups (broad SMARTS) is 1. The van der Waals surface area contributed by atoms with Crippen LogP contribution in [-0.2, 0) is 9.59 Å². The highest BCUT2D eigenvalue weighted by Gasteiger charge is 2.10. The fraction of sp³-hybridized carbons (Fsp3) is 0.600. The number of halogens is 1. The van der Waals surface area contributed by atoms with E-state index in [9.17, 15) is 14.0 Å². The minimum Gasteiger partial charge on any atom is -0.480 e. The summed E-state index contributed by atoms with van der Waals surface area (Å²) >= 11 is 0. The molecule has 0 aliphatic heterocycles. The maximum absolute atomic E-state index is 11.5. The predicted molar refractivity (Wildman–Crippen MR) is 31.2 cm³/mol. The van der Waals surface area contributed by atoms with E-state index in [-0.39, 0.29) is 0 Å². The maximum atomic E-state index is 11.5. The van der Waals surface area contributed by atoms with Gasteiger partial charge in [-0.25, -0.2) is 4.39 Å². The second kappa shape index (κ2) is 3.81. The zero-order valence-corrected chi connectivity index (χ0v) is 5.50. The number of hydrogen-bond acceptors (Lipinski definition) is 2. The van der Waals surface area contributed by atoms with Gasteiger partial charge in [0.2, 0.25) is 0 Å². The molecule has 0 aliphatic rings. The smallest absolute Gasteiger partial charge is 0.323 e. The molecular weight excluding hydrogens is 141 g/mol. The molecule has 4 nitrogen and oxygen atoms in total. The Morgan fingerprint density at radius 2 is 2.10 bits per heavy atom. The van der Waals surface area contributed by atoms with Crippen LogP contribution in [0.2, 0.25) is 0 Å². The largest absolute Gasteiger partial charge is 0.480 e. The number of carbonyl (C=O) groups excluding carboxylic acids is 1. The summed E-state index contributed by atoms with van der Waals surface area (Å²) < 4.78 is 11.5. The van der Waals surface area contributed by atoms with Crippen LogP contribution in [0, 0.1) is 0 Å². The number of rotatable bonds is 3. The number of carboxylic acids is 1. The summed E-state index contributed by atoms with van der Waals surface area (Å²) in [4.78, 5) is 21.1. The summed E-state index contributed by atoms with van der Waals surface area (Å²) in [5, 5.41) is 8.11. The standard InChI is InChI=1S/C5H8FNO3/c1-7(3-5(9)10)4(8)2-6/h2-3H2,1H3,(H,9,10). The van der Waals surface area contributed by atoms with Crippen LogP contribution in [0.4, 0.5) is 4.39 Å². The van der Waals surface area contributed by atoms with E-state index in [4.69, 9.17) is 5.11 Å². The van der Waals surface area contributed by atoms with Gasteiger partial charge in [-0.1, -0.05) is 0 Å². The fourth-order valence-corrected chi connectivity index (χ4v) is 0.393. The van der Waals surface area contributed by atoms with Crippen molar-refractivity contribution in [3.8, 4) is 0 Å². The van der Waals surface area contributed by atoms with Gasteiger partial charge in [-0.15, -0.1) is 0 Å². The van der Waals surface area contributed by atoms with Crippen LogP contribution >= 0.6 is 0 Å². The molecule has 0 saturated carbocycles. The van der Waals surface area contributed by atoms with E-state index in [1.54, 1.807) is 0 Å². The highest BCUT2D eigenvalue weighted by atomic mass is 19.1. The summed E-state index contributed by atoms with van der Waals surface area (Å²) in [5.74, 6) is -1.97. The lowest BCUT2D eigenvalue weighted by atomic mass is 10.5. The molecular formula is C5H8FNO3. The van der Waals surface area contributed by atoms with Crippen molar-refractivity contribution in [1.29, 1.82) is 0 Å². The molecule has 10 heavy (non-hydrogen) atoms. The Morgan fingerprint density at radius 3 is 2.40 bits per heavy atom. The van der Waals surface area contributed by atoms with Crippen molar-refractivity contribution >= 4 is 11.9 Å². The van der Waals surface area contributed by atoms with Crippen molar-refractivity contribution < 1.29 is 19.1 Å². The van der Waals surface area contributed by atoms with Gasteiger partial charge in [0.15, 0.2) is 6.67 Å². The normalized spacial score (nSPS) is 9.00. The van der Waals surface area contributed by atoms with Crippen molar-refractivity contribution in [2.45, 2.75) is 0 Å². The van der Waals surface area contributed by atoms with E-state index in [0.29, 0.717) is 0 Å². The third kappa shape index (κ3) is 3.01. The molecule has 0 bridgehead atoms. The molecule has 58 valence electrons. The van der Waals surface area contributed by atoms with Crippen LogP contribution in [0.15, 0.2) is 0 Å². The van der Waals surface area contributed by atoms with Gasteiger partial charge in [-0.3, -0.25) is 9.59 Å². The molecule has 0 rings (SSSR count). The Morgan fingerprint density at radius 1 is 1.60 bits per heavy atom. The predicted octanol–water partition coefficient (Wildman–Crippen LogP) is -0.501.